The summed E-state index contributed by atoms with van der Waals surface area (Å²) in [4.78, 5) is 4.17. The van der Waals surface area contributed by atoms with Crippen molar-refractivity contribution >= 4 is 15.9 Å². The highest BCUT2D eigenvalue weighted by molar-refractivity contribution is 9.10. The Morgan fingerprint density at radius 2 is 1.95 bits per heavy atom. The molecule has 1 aromatic carbocycles. The first kappa shape index (κ1) is 14.2. The molecule has 2 aromatic rings. The molecule has 2 rings (SSSR count). The predicted octanol–water partition coefficient (Wildman–Crippen LogP) is 4.05. The van der Waals surface area contributed by atoms with Crippen molar-refractivity contribution in [3.63, 3.8) is 0 Å². The minimum absolute atomic E-state index is 0.342. The maximum atomic E-state index is 4.17. The van der Waals surface area contributed by atoms with E-state index in [1.165, 1.54) is 16.7 Å². The molecule has 1 atom stereocenters. The Morgan fingerprint density at radius 1 is 1.21 bits per heavy atom. The van der Waals surface area contributed by atoms with Crippen molar-refractivity contribution in [3.8, 4) is 0 Å². The van der Waals surface area contributed by atoms with Crippen LogP contribution in [0.5, 0.6) is 0 Å². The summed E-state index contributed by atoms with van der Waals surface area (Å²) >= 11 is 3.48. The molecule has 19 heavy (non-hydrogen) atoms. The first-order valence-electron chi connectivity index (χ1n) is 6.59. The van der Waals surface area contributed by atoms with Crippen LogP contribution >= 0.6 is 15.9 Å². The van der Waals surface area contributed by atoms with Gasteiger partial charge in [-0.15, -0.1) is 0 Å². The first-order valence-corrected chi connectivity index (χ1v) is 7.38. The number of benzene rings is 1. The highest BCUT2D eigenvalue weighted by Crippen LogP contribution is 2.22. The van der Waals surface area contributed by atoms with Crippen LogP contribution in [0, 0.1) is 6.92 Å². The minimum atomic E-state index is 0.342. The number of likely N-dealkylation sites (N-methyl/N-ethyl adjacent to an activating group) is 1. The number of aryl methyl sites for hydroxylation is 1. The Balaban J connectivity index is 2.21. The number of hydrogen-bond donors (Lipinski definition) is 1. The van der Waals surface area contributed by atoms with Gasteiger partial charge in [-0.1, -0.05) is 35.0 Å². The highest BCUT2D eigenvalue weighted by atomic mass is 79.9. The quantitative estimate of drug-likeness (QED) is 0.899. The van der Waals surface area contributed by atoms with Gasteiger partial charge in [-0.3, -0.25) is 4.98 Å². The van der Waals surface area contributed by atoms with E-state index in [9.17, 15) is 0 Å². The lowest BCUT2D eigenvalue weighted by atomic mass is 9.96. The molecular weight excluding hydrogens is 300 g/mol. The lowest BCUT2D eigenvalue weighted by molar-refractivity contribution is 0.546. The van der Waals surface area contributed by atoms with Crippen LogP contribution < -0.4 is 5.32 Å². The minimum Gasteiger partial charge on any atom is -0.310 e. The van der Waals surface area contributed by atoms with Gasteiger partial charge in [0.05, 0.1) is 0 Å². The third kappa shape index (κ3) is 3.88. The molecule has 1 aromatic heterocycles. The van der Waals surface area contributed by atoms with Gasteiger partial charge >= 0.3 is 0 Å². The van der Waals surface area contributed by atoms with Crippen LogP contribution in [0.25, 0.3) is 0 Å². The topological polar surface area (TPSA) is 24.9 Å². The lowest BCUT2D eigenvalue weighted by Crippen LogP contribution is -2.23. The van der Waals surface area contributed by atoms with E-state index in [4.69, 9.17) is 0 Å². The van der Waals surface area contributed by atoms with Crippen LogP contribution in [-0.2, 0) is 6.42 Å². The highest BCUT2D eigenvalue weighted by Gasteiger charge is 2.13. The molecule has 0 spiro atoms. The van der Waals surface area contributed by atoms with Gasteiger partial charge in [0.2, 0.25) is 0 Å². The molecule has 2 nitrogen and oxygen atoms in total. The van der Waals surface area contributed by atoms with E-state index < -0.39 is 0 Å². The number of nitrogens with zero attached hydrogens (tertiary/aromatic N) is 1. The fourth-order valence-corrected chi connectivity index (χ4v) is 2.53. The molecule has 0 amide bonds. The normalized spacial score (nSPS) is 12.4. The zero-order valence-corrected chi connectivity index (χ0v) is 12.9. The summed E-state index contributed by atoms with van der Waals surface area (Å²) < 4.78 is 1.12. The molecule has 0 radical (unpaired) electrons. The van der Waals surface area contributed by atoms with Gasteiger partial charge in [0.25, 0.3) is 0 Å². The first-order chi connectivity index (χ1) is 9.20. The molecule has 0 saturated carbocycles. The number of nitrogens with one attached hydrogen (secondary N) is 1. The zero-order valence-electron chi connectivity index (χ0n) is 11.4. The Kier molecular flexibility index (Phi) is 5.11. The van der Waals surface area contributed by atoms with Gasteiger partial charge in [-0.25, -0.2) is 0 Å². The third-order valence-electron chi connectivity index (χ3n) is 3.24. The van der Waals surface area contributed by atoms with Crippen molar-refractivity contribution in [2.45, 2.75) is 26.3 Å². The summed E-state index contributed by atoms with van der Waals surface area (Å²) in [6, 6.07) is 11.0. The largest absolute Gasteiger partial charge is 0.310 e. The van der Waals surface area contributed by atoms with Gasteiger partial charge in [0.1, 0.15) is 0 Å². The van der Waals surface area contributed by atoms with Crippen molar-refractivity contribution in [2.24, 2.45) is 0 Å². The standard InChI is InChI=1S/C16H19BrN2/c1-3-19-16(15-8-9-18-11-12(15)2)10-13-4-6-14(17)7-5-13/h4-9,11,16,19H,3,10H2,1-2H3. The van der Waals surface area contributed by atoms with Crippen LogP contribution in [0.15, 0.2) is 47.2 Å². The van der Waals surface area contributed by atoms with Gasteiger partial charge in [0.15, 0.2) is 0 Å². The summed E-state index contributed by atoms with van der Waals surface area (Å²) in [5.74, 6) is 0. The number of pyridine rings is 1. The molecule has 1 unspecified atom stereocenters. The Labute approximate surface area is 123 Å². The van der Waals surface area contributed by atoms with E-state index in [0.717, 1.165) is 17.4 Å². The second-order valence-electron chi connectivity index (χ2n) is 4.67. The second kappa shape index (κ2) is 6.83. The van der Waals surface area contributed by atoms with E-state index >= 15 is 0 Å². The van der Waals surface area contributed by atoms with E-state index in [2.05, 4.69) is 70.4 Å². The van der Waals surface area contributed by atoms with Crippen LogP contribution in [0.4, 0.5) is 0 Å². The smallest absolute Gasteiger partial charge is 0.0364 e. The molecule has 0 aliphatic rings. The van der Waals surface area contributed by atoms with Crippen LogP contribution in [0.3, 0.4) is 0 Å². The Bertz CT molecular complexity index is 523. The fourth-order valence-electron chi connectivity index (χ4n) is 2.27. The predicted molar refractivity (Wildman–Crippen MR) is 83.2 cm³/mol. The number of halogens is 1. The molecule has 0 saturated heterocycles. The van der Waals surface area contributed by atoms with Crippen molar-refractivity contribution in [2.75, 3.05) is 6.54 Å². The summed E-state index contributed by atoms with van der Waals surface area (Å²) in [5.41, 5.74) is 3.91. The van der Waals surface area contributed by atoms with Gasteiger partial charge in [0, 0.05) is 22.9 Å². The molecule has 3 heteroatoms. The molecule has 0 aliphatic heterocycles. The average molecular weight is 319 g/mol. The van der Waals surface area contributed by atoms with Crippen molar-refractivity contribution in [3.05, 3.63) is 63.9 Å². The number of rotatable bonds is 5. The Hall–Kier alpha value is -1.19. The summed E-state index contributed by atoms with van der Waals surface area (Å²) in [6.07, 6.45) is 4.79. The molecular formula is C16H19BrN2. The van der Waals surface area contributed by atoms with Gasteiger partial charge in [-0.05, 0) is 54.8 Å². The Morgan fingerprint density at radius 3 is 2.58 bits per heavy atom. The zero-order chi connectivity index (χ0) is 13.7. The second-order valence-corrected chi connectivity index (χ2v) is 5.59. The van der Waals surface area contributed by atoms with Crippen LogP contribution in [-0.4, -0.2) is 11.5 Å². The third-order valence-corrected chi connectivity index (χ3v) is 3.77. The number of aromatic nitrogens is 1. The lowest BCUT2D eigenvalue weighted by Gasteiger charge is -2.20. The van der Waals surface area contributed by atoms with Crippen molar-refractivity contribution in [1.82, 2.24) is 10.3 Å². The van der Waals surface area contributed by atoms with Crippen molar-refractivity contribution < 1.29 is 0 Å². The monoisotopic (exact) mass is 318 g/mol. The van der Waals surface area contributed by atoms with Gasteiger partial charge < -0.3 is 5.32 Å². The molecule has 0 fully saturated rings. The molecule has 100 valence electrons. The molecule has 1 heterocycles. The van der Waals surface area contributed by atoms with E-state index in [-0.39, 0.29) is 0 Å². The maximum absolute atomic E-state index is 4.17. The molecule has 0 bridgehead atoms. The maximum Gasteiger partial charge on any atom is 0.0364 e. The van der Waals surface area contributed by atoms with Gasteiger partial charge in [-0.2, -0.15) is 0 Å². The fraction of sp³-hybridized carbons (Fsp3) is 0.312. The molecule has 0 aliphatic carbocycles. The van der Waals surface area contributed by atoms with Crippen LogP contribution in [0.2, 0.25) is 0 Å². The average Bonchev–Trinajstić information content (AvgIpc) is 2.41. The summed E-state index contributed by atoms with van der Waals surface area (Å²) in [7, 11) is 0. The number of hydrogen-bond acceptors (Lipinski definition) is 2. The SMILES string of the molecule is CCNC(Cc1ccc(Br)cc1)c1ccncc1C. The molecule has 1 N–H and O–H groups in total. The van der Waals surface area contributed by atoms with E-state index in [0.29, 0.717) is 6.04 Å². The van der Waals surface area contributed by atoms with Crippen LogP contribution in [0.1, 0.15) is 29.7 Å². The summed E-state index contributed by atoms with van der Waals surface area (Å²) in [6.45, 7) is 5.22. The summed E-state index contributed by atoms with van der Waals surface area (Å²) in [5, 5.41) is 3.56. The van der Waals surface area contributed by atoms with E-state index in [1.54, 1.807) is 0 Å². The van der Waals surface area contributed by atoms with Crippen molar-refractivity contribution in [1.29, 1.82) is 0 Å². The van der Waals surface area contributed by atoms with E-state index in [1.807, 2.05) is 12.4 Å².